The van der Waals surface area contributed by atoms with Crippen molar-refractivity contribution in [1.29, 1.82) is 0 Å². The van der Waals surface area contributed by atoms with E-state index in [1.807, 2.05) is 44.2 Å². The first-order valence-corrected chi connectivity index (χ1v) is 13.0. The fourth-order valence-electron chi connectivity index (χ4n) is 3.22. The Hall–Kier alpha value is -2.69. The van der Waals surface area contributed by atoms with Gasteiger partial charge in [0.05, 0.1) is 5.02 Å². The average Bonchev–Trinajstić information content (AvgIpc) is 2.79. The van der Waals surface area contributed by atoms with Crippen LogP contribution in [0.5, 0.6) is 0 Å². The van der Waals surface area contributed by atoms with Crippen molar-refractivity contribution in [2.24, 2.45) is 5.92 Å². The van der Waals surface area contributed by atoms with Gasteiger partial charge in [-0.2, -0.15) is 0 Å². The molecule has 2 aromatic carbocycles. The van der Waals surface area contributed by atoms with E-state index in [0.717, 1.165) is 28.1 Å². The number of rotatable bonds is 12. The minimum atomic E-state index is -3.92. The van der Waals surface area contributed by atoms with Gasteiger partial charge in [-0.25, -0.2) is 21.9 Å². The van der Waals surface area contributed by atoms with Gasteiger partial charge in [-0.15, -0.1) is 0 Å². The van der Waals surface area contributed by atoms with Crippen molar-refractivity contribution in [3.05, 3.63) is 64.9 Å². The standard InChI is InChI=1S/C24H31ClFN3O5S/c1-17(2)14-21(28-24(31)34-16-18-8-5-4-6-9-18)23(30)27-12-7-13-29(3)35(32,33)22-11-10-19(26)15-20(22)25/h4-6,8-11,15,17,21H,7,12-14,16H2,1-3H3,(H,27,30)(H,28,31)/t21-/m0/s1. The molecule has 2 rings (SSSR count). The largest absolute Gasteiger partial charge is 0.445 e. The number of nitrogens with one attached hydrogen (secondary N) is 2. The lowest BCUT2D eigenvalue weighted by Gasteiger charge is -2.21. The minimum absolute atomic E-state index is 0.0849. The zero-order valence-electron chi connectivity index (χ0n) is 20.0. The lowest BCUT2D eigenvalue weighted by atomic mass is 10.0. The highest BCUT2D eigenvalue weighted by atomic mass is 35.5. The zero-order chi connectivity index (χ0) is 26.0. The van der Waals surface area contributed by atoms with Gasteiger partial charge in [0.25, 0.3) is 0 Å². The van der Waals surface area contributed by atoms with E-state index in [0.29, 0.717) is 12.8 Å². The molecule has 35 heavy (non-hydrogen) atoms. The second-order valence-electron chi connectivity index (χ2n) is 8.43. The molecule has 8 nitrogen and oxygen atoms in total. The van der Waals surface area contributed by atoms with E-state index in [1.165, 1.54) is 7.05 Å². The molecule has 11 heteroatoms. The zero-order valence-corrected chi connectivity index (χ0v) is 21.5. The topological polar surface area (TPSA) is 105 Å². The van der Waals surface area contributed by atoms with E-state index in [1.54, 1.807) is 0 Å². The highest BCUT2D eigenvalue weighted by Gasteiger charge is 2.25. The molecule has 0 radical (unpaired) electrons. The maximum atomic E-state index is 13.2. The highest BCUT2D eigenvalue weighted by Crippen LogP contribution is 2.24. The normalized spacial score (nSPS) is 12.4. The Morgan fingerprint density at radius 1 is 1.14 bits per heavy atom. The molecule has 2 aromatic rings. The smallest absolute Gasteiger partial charge is 0.408 e. The van der Waals surface area contributed by atoms with E-state index in [2.05, 4.69) is 10.6 Å². The van der Waals surface area contributed by atoms with Crippen molar-refractivity contribution in [1.82, 2.24) is 14.9 Å². The molecule has 2 N–H and O–H groups in total. The molecule has 192 valence electrons. The van der Waals surface area contributed by atoms with E-state index in [-0.39, 0.29) is 41.4 Å². The third-order valence-electron chi connectivity index (χ3n) is 5.06. The Morgan fingerprint density at radius 2 is 1.83 bits per heavy atom. The molecular formula is C24H31ClFN3O5S. The van der Waals surface area contributed by atoms with Gasteiger partial charge in [-0.05, 0) is 42.5 Å². The number of halogens is 2. The van der Waals surface area contributed by atoms with Gasteiger partial charge in [0.15, 0.2) is 0 Å². The molecule has 2 amide bonds. The van der Waals surface area contributed by atoms with Crippen molar-refractivity contribution in [3.8, 4) is 0 Å². The summed E-state index contributed by atoms with van der Waals surface area (Å²) >= 11 is 5.89. The Morgan fingerprint density at radius 3 is 2.46 bits per heavy atom. The first kappa shape index (κ1) is 28.5. The molecule has 0 unspecified atom stereocenters. The van der Waals surface area contributed by atoms with Crippen LogP contribution in [0.25, 0.3) is 0 Å². The Balaban J connectivity index is 1.85. The van der Waals surface area contributed by atoms with Crippen LogP contribution in [0, 0.1) is 11.7 Å². The molecule has 0 heterocycles. The number of benzene rings is 2. The number of carbonyl (C=O) groups excluding carboxylic acids is 2. The minimum Gasteiger partial charge on any atom is -0.445 e. The van der Waals surface area contributed by atoms with Crippen LogP contribution in [0.15, 0.2) is 53.4 Å². The summed E-state index contributed by atoms with van der Waals surface area (Å²) in [7, 11) is -2.54. The van der Waals surface area contributed by atoms with Crippen LogP contribution in [0.1, 0.15) is 32.3 Å². The van der Waals surface area contributed by atoms with Crippen LogP contribution in [-0.2, 0) is 26.2 Å². The van der Waals surface area contributed by atoms with Crippen molar-refractivity contribution < 1.29 is 27.1 Å². The predicted molar refractivity (Wildman–Crippen MR) is 132 cm³/mol. The second kappa shape index (κ2) is 13.4. The first-order chi connectivity index (χ1) is 16.5. The molecule has 0 aliphatic rings. The van der Waals surface area contributed by atoms with Crippen molar-refractivity contribution >= 4 is 33.6 Å². The van der Waals surface area contributed by atoms with Crippen molar-refractivity contribution in [2.45, 2.75) is 44.2 Å². The number of alkyl carbamates (subject to hydrolysis) is 1. The Labute approximate surface area is 210 Å². The third-order valence-corrected chi connectivity index (χ3v) is 7.40. The number of hydrogen-bond acceptors (Lipinski definition) is 5. The quantitative estimate of drug-likeness (QED) is 0.407. The second-order valence-corrected chi connectivity index (χ2v) is 10.9. The van der Waals surface area contributed by atoms with Gasteiger partial charge in [0, 0.05) is 20.1 Å². The summed E-state index contributed by atoms with van der Waals surface area (Å²) in [5.41, 5.74) is 0.827. The van der Waals surface area contributed by atoms with E-state index in [9.17, 15) is 22.4 Å². The van der Waals surface area contributed by atoms with Crippen molar-refractivity contribution in [3.63, 3.8) is 0 Å². The molecule has 0 aliphatic carbocycles. The van der Waals surface area contributed by atoms with Crippen LogP contribution in [0.4, 0.5) is 9.18 Å². The number of nitrogens with zero attached hydrogens (tertiary/aromatic N) is 1. The van der Waals surface area contributed by atoms with Gasteiger partial charge in [-0.1, -0.05) is 55.8 Å². The number of amides is 2. The van der Waals surface area contributed by atoms with Gasteiger partial charge in [-0.3, -0.25) is 4.79 Å². The summed E-state index contributed by atoms with van der Waals surface area (Å²) in [6.45, 7) is 4.22. The molecule has 0 fully saturated rings. The lowest BCUT2D eigenvalue weighted by Crippen LogP contribution is -2.48. The molecule has 0 bridgehead atoms. The summed E-state index contributed by atoms with van der Waals surface area (Å²) in [5, 5.41) is 5.12. The Kier molecular flexibility index (Phi) is 10.9. The highest BCUT2D eigenvalue weighted by molar-refractivity contribution is 7.89. The van der Waals surface area contributed by atoms with Crippen LogP contribution in [0.2, 0.25) is 5.02 Å². The Bertz CT molecular complexity index is 1100. The summed E-state index contributed by atoms with van der Waals surface area (Å²) < 4.78 is 44.9. The molecule has 0 aromatic heterocycles. The number of ether oxygens (including phenoxy) is 1. The monoisotopic (exact) mass is 527 g/mol. The summed E-state index contributed by atoms with van der Waals surface area (Å²) in [6.07, 6.45) is 0.0215. The maximum absolute atomic E-state index is 13.2. The average molecular weight is 528 g/mol. The van der Waals surface area contributed by atoms with E-state index in [4.69, 9.17) is 16.3 Å². The van der Waals surface area contributed by atoms with Crippen molar-refractivity contribution in [2.75, 3.05) is 20.1 Å². The maximum Gasteiger partial charge on any atom is 0.408 e. The molecular weight excluding hydrogens is 497 g/mol. The number of hydrogen-bond donors (Lipinski definition) is 2. The summed E-state index contributed by atoms with van der Waals surface area (Å²) in [5.74, 6) is -0.882. The third kappa shape index (κ3) is 9.12. The lowest BCUT2D eigenvalue weighted by molar-refractivity contribution is -0.123. The van der Waals surface area contributed by atoms with E-state index < -0.39 is 28.0 Å². The van der Waals surface area contributed by atoms with Gasteiger partial charge in [0.2, 0.25) is 15.9 Å². The van der Waals surface area contributed by atoms with Crippen LogP contribution in [-0.4, -0.2) is 50.9 Å². The molecule has 0 saturated carbocycles. The SMILES string of the molecule is CC(C)C[C@H](NC(=O)OCc1ccccc1)C(=O)NCCCN(C)S(=O)(=O)c1ccc(F)cc1Cl. The number of carbonyl (C=O) groups is 2. The van der Waals surface area contributed by atoms with Gasteiger partial charge < -0.3 is 15.4 Å². The van der Waals surface area contributed by atoms with Crippen LogP contribution < -0.4 is 10.6 Å². The van der Waals surface area contributed by atoms with Crippen LogP contribution in [0.3, 0.4) is 0 Å². The first-order valence-electron chi connectivity index (χ1n) is 11.2. The summed E-state index contributed by atoms with van der Waals surface area (Å²) in [6, 6.07) is 11.5. The predicted octanol–water partition coefficient (Wildman–Crippen LogP) is 3.95. The number of sulfonamides is 1. The fourth-order valence-corrected chi connectivity index (χ4v) is 4.93. The van der Waals surface area contributed by atoms with Gasteiger partial charge in [0.1, 0.15) is 23.4 Å². The fraction of sp³-hybridized carbons (Fsp3) is 0.417. The molecule has 0 spiro atoms. The van der Waals surface area contributed by atoms with Crippen LogP contribution >= 0.6 is 11.6 Å². The summed E-state index contributed by atoms with van der Waals surface area (Å²) in [4.78, 5) is 24.7. The molecule has 0 saturated heterocycles. The van der Waals surface area contributed by atoms with E-state index >= 15 is 0 Å². The molecule has 1 atom stereocenters. The molecule has 0 aliphatic heterocycles. The van der Waals surface area contributed by atoms with Gasteiger partial charge >= 0.3 is 6.09 Å².